The van der Waals surface area contributed by atoms with Crippen molar-refractivity contribution in [1.82, 2.24) is 0 Å². The van der Waals surface area contributed by atoms with Crippen molar-refractivity contribution in [3.05, 3.63) is 48.6 Å². The van der Waals surface area contributed by atoms with Gasteiger partial charge in [0, 0.05) is 19.3 Å². The second-order valence-electron chi connectivity index (χ2n) is 18.5. The van der Waals surface area contributed by atoms with E-state index in [0.717, 1.165) is 89.9 Å². The molecule has 0 rings (SSSR count). The summed E-state index contributed by atoms with van der Waals surface area (Å²) in [6.07, 6.45) is 63.8. The van der Waals surface area contributed by atoms with Gasteiger partial charge >= 0.3 is 17.9 Å². The molecule has 0 radical (unpaired) electrons. The topological polar surface area (TPSA) is 78.9 Å². The lowest BCUT2D eigenvalue weighted by atomic mass is 10.0. The van der Waals surface area contributed by atoms with Gasteiger partial charge in [-0.2, -0.15) is 0 Å². The number of ether oxygens (including phenoxy) is 3. The second kappa shape index (κ2) is 53.0. The molecule has 0 aliphatic heterocycles. The molecule has 1 unspecified atom stereocenters. The lowest BCUT2D eigenvalue weighted by Gasteiger charge is -2.18. The average molecular weight is 897 g/mol. The molecule has 372 valence electrons. The van der Waals surface area contributed by atoms with Crippen molar-refractivity contribution in [2.45, 2.75) is 290 Å². The molecule has 6 heteroatoms. The average Bonchev–Trinajstić information content (AvgIpc) is 3.29. The van der Waals surface area contributed by atoms with E-state index >= 15 is 0 Å². The van der Waals surface area contributed by atoms with Gasteiger partial charge in [0.2, 0.25) is 0 Å². The number of allylic oxidation sites excluding steroid dienone is 8. The Balaban J connectivity index is 4.40. The predicted octanol–water partition coefficient (Wildman–Crippen LogP) is 18.3. The lowest BCUT2D eigenvalue weighted by Crippen LogP contribution is -2.30. The molecule has 0 fully saturated rings. The minimum absolute atomic E-state index is 0.0834. The minimum atomic E-state index is -0.784. The molecule has 0 aliphatic rings. The number of hydrogen-bond donors (Lipinski definition) is 0. The minimum Gasteiger partial charge on any atom is -0.462 e. The van der Waals surface area contributed by atoms with Crippen LogP contribution in [0.15, 0.2) is 48.6 Å². The van der Waals surface area contributed by atoms with E-state index in [1.165, 1.54) is 154 Å². The molecule has 0 amide bonds. The molecule has 0 bridgehead atoms. The third-order valence-corrected chi connectivity index (χ3v) is 12.1. The highest BCUT2D eigenvalue weighted by molar-refractivity contribution is 5.71. The van der Waals surface area contributed by atoms with Crippen LogP contribution in [-0.4, -0.2) is 37.2 Å². The Hall–Kier alpha value is -2.63. The zero-order valence-corrected chi connectivity index (χ0v) is 42.6. The predicted molar refractivity (Wildman–Crippen MR) is 275 cm³/mol. The first-order valence-electron chi connectivity index (χ1n) is 27.7. The van der Waals surface area contributed by atoms with E-state index in [1.807, 2.05) is 0 Å². The number of carbonyl (C=O) groups is 3. The SMILES string of the molecule is CC/C=C\C/C=C\CCCCCCCCCC(=O)OCC(COC(=O)CCCCC/C=C\C=C/CCCCCCCCC)OC(=O)CCCCCCCCCCCCCCCCCC. The summed E-state index contributed by atoms with van der Waals surface area (Å²) in [5.41, 5.74) is 0. The highest BCUT2D eigenvalue weighted by atomic mass is 16.6. The Morgan fingerprint density at radius 2 is 0.656 bits per heavy atom. The van der Waals surface area contributed by atoms with Crippen LogP contribution in [0, 0.1) is 0 Å². The number of unbranched alkanes of at least 4 members (excludes halogenated alkanes) is 32. The smallest absolute Gasteiger partial charge is 0.306 e. The maximum absolute atomic E-state index is 12.8. The largest absolute Gasteiger partial charge is 0.462 e. The van der Waals surface area contributed by atoms with Gasteiger partial charge in [-0.05, 0) is 70.6 Å². The standard InChI is InChI=1S/C58H104O6/c1-4-7-10-13-16-19-22-25-28-30-33-36-39-42-45-48-51-57(60)63-54-55(53-62-56(59)50-47-44-41-38-35-32-27-24-21-18-15-12-9-6-3)64-58(61)52-49-46-43-40-37-34-31-29-26-23-20-17-14-11-8-5-2/h9,12,18,21,28,30,33,36,55H,4-8,10-11,13-17,19-20,22-27,29,31-32,34-35,37-54H2,1-3H3/b12-9-,21-18-,30-28-,36-33-. The summed E-state index contributed by atoms with van der Waals surface area (Å²) in [4.78, 5) is 38.1. The molecule has 0 aromatic heterocycles. The van der Waals surface area contributed by atoms with Crippen molar-refractivity contribution >= 4 is 17.9 Å². The molecule has 1 atom stereocenters. The lowest BCUT2D eigenvalue weighted by molar-refractivity contribution is -0.167. The van der Waals surface area contributed by atoms with E-state index in [4.69, 9.17) is 14.2 Å². The van der Waals surface area contributed by atoms with Gasteiger partial charge in [-0.3, -0.25) is 14.4 Å². The summed E-state index contributed by atoms with van der Waals surface area (Å²) in [6, 6.07) is 0. The van der Waals surface area contributed by atoms with Crippen LogP contribution >= 0.6 is 0 Å². The number of rotatable bonds is 50. The molecule has 0 heterocycles. The Kier molecular flexibility index (Phi) is 50.8. The van der Waals surface area contributed by atoms with Crippen LogP contribution in [0.25, 0.3) is 0 Å². The number of esters is 3. The van der Waals surface area contributed by atoms with E-state index < -0.39 is 6.10 Å². The van der Waals surface area contributed by atoms with Gasteiger partial charge in [-0.1, -0.05) is 243 Å². The van der Waals surface area contributed by atoms with Gasteiger partial charge in [-0.25, -0.2) is 0 Å². The van der Waals surface area contributed by atoms with Crippen LogP contribution in [0.3, 0.4) is 0 Å². The van der Waals surface area contributed by atoms with Crippen molar-refractivity contribution in [3.8, 4) is 0 Å². The summed E-state index contributed by atoms with van der Waals surface area (Å²) in [7, 11) is 0. The van der Waals surface area contributed by atoms with E-state index in [9.17, 15) is 14.4 Å². The summed E-state index contributed by atoms with van der Waals surface area (Å²) in [5.74, 6) is -0.905. The zero-order valence-electron chi connectivity index (χ0n) is 42.6. The van der Waals surface area contributed by atoms with E-state index in [1.54, 1.807) is 0 Å². The first-order chi connectivity index (χ1) is 31.5. The zero-order chi connectivity index (χ0) is 46.5. The highest BCUT2D eigenvalue weighted by Crippen LogP contribution is 2.16. The van der Waals surface area contributed by atoms with E-state index in [-0.39, 0.29) is 31.1 Å². The van der Waals surface area contributed by atoms with Crippen LogP contribution in [-0.2, 0) is 28.6 Å². The molecule has 0 aromatic carbocycles. The molecule has 0 saturated heterocycles. The van der Waals surface area contributed by atoms with Gasteiger partial charge < -0.3 is 14.2 Å². The normalized spacial score (nSPS) is 12.4. The van der Waals surface area contributed by atoms with Crippen LogP contribution in [0.4, 0.5) is 0 Å². The number of carbonyl (C=O) groups excluding carboxylic acids is 3. The molecule has 0 saturated carbocycles. The fourth-order valence-electron chi connectivity index (χ4n) is 7.94. The van der Waals surface area contributed by atoms with Crippen molar-refractivity contribution in [2.24, 2.45) is 0 Å². The maximum Gasteiger partial charge on any atom is 0.306 e. The Morgan fingerprint density at radius 1 is 0.344 bits per heavy atom. The van der Waals surface area contributed by atoms with Gasteiger partial charge in [0.1, 0.15) is 13.2 Å². The fourth-order valence-corrected chi connectivity index (χ4v) is 7.94. The first-order valence-corrected chi connectivity index (χ1v) is 27.7. The summed E-state index contributed by atoms with van der Waals surface area (Å²) >= 11 is 0. The molecule has 64 heavy (non-hydrogen) atoms. The van der Waals surface area contributed by atoms with E-state index in [2.05, 4.69) is 69.4 Å². The Bertz CT molecular complexity index is 1120. The molecule has 0 aromatic rings. The summed E-state index contributed by atoms with van der Waals surface area (Å²) in [6.45, 7) is 6.53. The van der Waals surface area contributed by atoms with Gasteiger partial charge in [0.25, 0.3) is 0 Å². The Labute approximate surface area is 397 Å². The maximum atomic E-state index is 12.8. The molecular formula is C58H104O6. The fraction of sp³-hybridized carbons (Fsp3) is 0.810. The first kappa shape index (κ1) is 61.4. The number of hydrogen-bond acceptors (Lipinski definition) is 6. The van der Waals surface area contributed by atoms with Gasteiger partial charge in [-0.15, -0.1) is 0 Å². The monoisotopic (exact) mass is 897 g/mol. The molecule has 0 spiro atoms. The highest BCUT2D eigenvalue weighted by Gasteiger charge is 2.19. The molecule has 0 aliphatic carbocycles. The quantitative estimate of drug-likeness (QED) is 0.0199. The summed E-state index contributed by atoms with van der Waals surface area (Å²) in [5, 5.41) is 0. The van der Waals surface area contributed by atoms with Crippen LogP contribution in [0.2, 0.25) is 0 Å². The van der Waals surface area contributed by atoms with Crippen molar-refractivity contribution < 1.29 is 28.6 Å². The van der Waals surface area contributed by atoms with E-state index in [0.29, 0.717) is 19.3 Å². The molecular weight excluding hydrogens is 793 g/mol. The molecule has 0 N–H and O–H groups in total. The third kappa shape index (κ3) is 50.4. The van der Waals surface area contributed by atoms with Crippen LogP contribution in [0.5, 0.6) is 0 Å². The van der Waals surface area contributed by atoms with Crippen LogP contribution in [0.1, 0.15) is 284 Å². The molecule has 6 nitrogen and oxygen atoms in total. The third-order valence-electron chi connectivity index (χ3n) is 12.1. The van der Waals surface area contributed by atoms with Crippen LogP contribution < -0.4 is 0 Å². The van der Waals surface area contributed by atoms with Gasteiger partial charge in [0.15, 0.2) is 6.10 Å². The van der Waals surface area contributed by atoms with Crippen molar-refractivity contribution in [1.29, 1.82) is 0 Å². The van der Waals surface area contributed by atoms with Crippen molar-refractivity contribution in [3.63, 3.8) is 0 Å². The Morgan fingerprint density at radius 3 is 1.05 bits per heavy atom. The summed E-state index contributed by atoms with van der Waals surface area (Å²) < 4.78 is 16.8. The van der Waals surface area contributed by atoms with Gasteiger partial charge in [0.05, 0.1) is 0 Å². The second-order valence-corrected chi connectivity index (χ2v) is 18.5. The van der Waals surface area contributed by atoms with Crippen molar-refractivity contribution in [2.75, 3.05) is 13.2 Å².